The van der Waals surface area contributed by atoms with Gasteiger partial charge in [0.15, 0.2) is 0 Å². The third kappa shape index (κ3) is 4.62. The maximum atomic E-state index is 12.2. The molecule has 6 heteroatoms. The van der Waals surface area contributed by atoms with Crippen molar-refractivity contribution in [3.63, 3.8) is 0 Å². The fourth-order valence-corrected chi connectivity index (χ4v) is 2.19. The maximum absolute atomic E-state index is 12.2. The lowest BCUT2D eigenvalue weighted by molar-refractivity contribution is 0.0947. The van der Waals surface area contributed by atoms with E-state index >= 15 is 0 Å². The van der Waals surface area contributed by atoms with E-state index < -0.39 is 0 Å². The van der Waals surface area contributed by atoms with Gasteiger partial charge in [-0.2, -0.15) is 0 Å². The minimum absolute atomic E-state index is 0.130. The minimum Gasteiger partial charge on any atom is -0.497 e. The van der Waals surface area contributed by atoms with Crippen LogP contribution < -0.4 is 20.1 Å². The van der Waals surface area contributed by atoms with Crippen molar-refractivity contribution in [1.82, 2.24) is 10.3 Å². The van der Waals surface area contributed by atoms with Gasteiger partial charge in [-0.25, -0.2) is 4.98 Å². The Kier molecular flexibility index (Phi) is 5.15. The van der Waals surface area contributed by atoms with Crippen molar-refractivity contribution in [2.75, 3.05) is 25.6 Å². The van der Waals surface area contributed by atoms with Crippen LogP contribution >= 0.6 is 0 Å². The molecule has 0 atom stereocenters. The average Bonchev–Trinajstić information content (AvgIpc) is 3.43. The van der Waals surface area contributed by atoms with Crippen molar-refractivity contribution < 1.29 is 14.3 Å². The summed E-state index contributed by atoms with van der Waals surface area (Å²) >= 11 is 0. The number of methoxy groups -OCH3 is 1. The van der Waals surface area contributed by atoms with Crippen LogP contribution in [-0.4, -0.2) is 37.2 Å². The summed E-state index contributed by atoms with van der Waals surface area (Å²) in [7, 11) is 1.62. The molecule has 1 heterocycles. The van der Waals surface area contributed by atoms with Gasteiger partial charge in [-0.05, 0) is 49.2 Å². The Morgan fingerprint density at radius 2 is 1.96 bits per heavy atom. The molecule has 0 radical (unpaired) electrons. The predicted molar refractivity (Wildman–Crippen MR) is 91.7 cm³/mol. The molecule has 0 saturated heterocycles. The number of carbonyl (C=O) groups is 1. The van der Waals surface area contributed by atoms with Crippen LogP contribution in [0.15, 0.2) is 42.6 Å². The highest BCUT2D eigenvalue weighted by molar-refractivity contribution is 5.94. The molecule has 126 valence electrons. The number of ether oxygens (including phenoxy) is 2. The Morgan fingerprint density at radius 1 is 1.21 bits per heavy atom. The second-order valence-electron chi connectivity index (χ2n) is 5.63. The van der Waals surface area contributed by atoms with Crippen LogP contribution in [-0.2, 0) is 0 Å². The van der Waals surface area contributed by atoms with E-state index in [4.69, 9.17) is 9.47 Å². The molecule has 3 rings (SSSR count). The van der Waals surface area contributed by atoms with E-state index in [0.29, 0.717) is 24.8 Å². The van der Waals surface area contributed by atoms with Crippen molar-refractivity contribution in [3.8, 4) is 11.5 Å². The lowest BCUT2D eigenvalue weighted by atomic mass is 10.2. The van der Waals surface area contributed by atoms with Gasteiger partial charge in [-0.1, -0.05) is 0 Å². The van der Waals surface area contributed by atoms with Gasteiger partial charge in [-0.15, -0.1) is 0 Å². The molecule has 1 fully saturated rings. The number of hydrogen-bond donors (Lipinski definition) is 2. The van der Waals surface area contributed by atoms with Crippen molar-refractivity contribution >= 4 is 11.7 Å². The molecule has 1 amide bonds. The average molecular weight is 327 g/mol. The molecule has 1 aromatic carbocycles. The Labute approximate surface area is 141 Å². The number of nitrogens with zero attached hydrogens (tertiary/aromatic N) is 1. The first-order valence-electron chi connectivity index (χ1n) is 8.02. The first-order chi connectivity index (χ1) is 11.7. The van der Waals surface area contributed by atoms with Crippen LogP contribution in [0.3, 0.4) is 0 Å². The SMILES string of the molecule is COc1ccc(OCCNC(=O)c2ccnc(NC3CC3)c2)cc1. The lowest BCUT2D eigenvalue weighted by Crippen LogP contribution is -2.28. The monoisotopic (exact) mass is 327 g/mol. The number of aromatic nitrogens is 1. The van der Waals surface area contributed by atoms with Crippen molar-refractivity contribution in [2.45, 2.75) is 18.9 Å². The summed E-state index contributed by atoms with van der Waals surface area (Å²) in [5.74, 6) is 2.14. The van der Waals surface area contributed by atoms with Gasteiger partial charge in [0.25, 0.3) is 5.91 Å². The number of pyridine rings is 1. The Hall–Kier alpha value is -2.76. The molecule has 0 unspecified atom stereocenters. The molecule has 1 aliphatic carbocycles. The molecule has 2 aromatic rings. The molecule has 0 aliphatic heterocycles. The number of anilines is 1. The summed E-state index contributed by atoms with van der Waals surface area (Å²) < 4.78 is 10.7. The highest BCUT2D eigenvalue weighted by Gasteiger charge is 2.21. The van der Waals surface area contributed by atoms with E-state index in [0.717, 1.165) is 17.3 Å². The summed E-state index contributed by atoms with van der Waals surface area (Å²) in [4.78, 5) is 16.4. The zero-order valence-electron chi connectivity index (χ0n) is 13.6. The van der Waals surface area contributed by atoms with Crippen LogP contribution in [0.4, 0.5) is 5.82 Å². The number of carbonyl (C=O) groups excluding carboxylic acids is 1. The number of hydrogen-bond acceptors (Lipinski definition) is 5. The molecule has 0 spiro atoms. The molecule has 1 aliphatic rings. The van der Waals surface area contributed by atoms with Crippen LogP contribution in [0, 0.1) is 0 Å². The summed E-state index contributed by atoms with van der Waals surface area (Å²) in [5, 5.41) is 6.13. The number of amides is 1. The first kappa shape index (κ1) is 16.1. The Bertz CT molecular complexity index is 684. The predicted octanol–water partition coefficient (Wildman–Crippen LogP) is 2.47. The highest BCUT2D eigenvalue weighted by atomic mass is 16.5. The van der Waals surface area contributed by atoms with E-state index in [-0.39, 0.29) is 5.91 Å². The molecule has 0 bridgehead atoms. The van der Waals surface area contributed by atoms with Gasteiger partial charge in [0.05, 0.1) is 13.7 Å². The summed E-state index contributed by atoms with van der Waals surface area (Å²) in [5.41, 5.74) is 0.595. The molecular weight excluding hydrogens is 306 g/mol. The number of rotatable bonds is 8. The third-order valence-corrected chi connectivity index (χ3v) is 3.67. The normalized spacial score (nSPS) is 13.2. The highest BCUT2D eigenvalue weighted by Crippen LogP contribution is 2.23. The van der Waals surface area contributed by atoms with E-state index in [2.05, 4.69) is 15.6 Å². The van der Waals surface area contributed by atoms with Gasteiger partial charge >= 0.3 is 0 Å². The maximum Gasteiger partial charge on any atom is 0.251 e. The zero-order valence-corrected chi connectivity index (χ0v) is 13.6. The minimum atomic E-state index is -0.130. The van der Waals surface area contributed by atoms with Crippen molar-refractivity contribution in [2.24, 2.45) is 0 Å². The smallest absolute Gasteiger partial charge is 0.251 e. The summed E-state index contributed by atoms with van der Waals surface area (Å²) in [6, 6.07) is 11.3. The Balaban J connectivity index is 1.43. The van der Waals surface area contributed by atoms with E-state index in [1.165, 1.54) is 12.8 Å². The van der Waals surface area contributed by atoms with Gasteiger partial charge in [0.2, 0.25) is 0 Å². The number of nitrogens with one attached hydrogen (secondary N) is 2. The van der Waals surface area contributed by atoms with Gasteiger partial charge in [-0.3, -0.25) is 4.79 Å². The van der Waals surface area contributed by atoms with Crippen LogP contribution in [0.5, 0.6) is 11.5 Å². The first-order valence-corrected chi connectivity index (χ1v) is 8.02. The van der Waals surface area contributed by atoms with E-state index in [1.807, 2.05) is 24.3 Å². The molecule has 1 aromatic heterocycles. The molecule has 1 saturated carbocycles. The largest absolute Gasteiger partial charge is 0.497 e. The second kappa shape index (κ2) is 7.68. The second-order valence-corrected chi connectivity index (χ2v) is 5.63. The van der Waals surface area contributed by atoms with Crippen LogP contribution in [0.1, 0.15) is 23.2 Å². The fourth-order valence-electron chi connectivity index (χ4n) is 2.19. The molecule has 24 heavy (non-hydrogen) atoms. The number of benzene rings is 1. The Morgan fingerprint density at radius 3 is 2.67 bits per heavy atom. The summed E-state index contributed by atoms with van der Waals surface area (Å²) in [6.45, 7) is 0.828. The fraction of sp³-hybridized carbons (Fsp3) is 0.333. The van der Waals surface area contributed by atoms with Crippen molar-refractivity contribution in [3.05, 3.63) is 48.2 Å². The van der Waals surface area contributed by atoms with Crippen LogP contribution in [0.2, 0.25) is 0 Å². The van der Waals surface area contributed by atoms with Crippen LogP contribution in [0.25, 0.3) is 0 Å². The zero-order chi connectivity index (χ0) is 16.8. The van der Waals surface area contributed by atoms with Gasteiger partial charge in [0, 0.05) is 17.8 Å². The standard InChI is InChI=1S/C18H21N3O3/c1-23-15-4-6-16(7-5-15)24-11-10-20-18(22)13-8-9-19-17(12-13)21-14-2-3-14/h4-9,12,14H,2-3,10-11H2,1H3,(H,19,21)(H,20,22). The van der Waals surface area contributed by atoms with Gasteiger partial charge in [0.1, 0.15) is 23.9 Å². The molecular formula is C18H21N3O3. The van der Waals surface area contributed by atoms with Crippen molar-refractivity contribution in [1.29, 1.82) is 0 Å². The van der Waals surface area contributed by atoms with Gasteiger partial charge < -0.3 is 20.1 Å². The van der Waals surface area contributed by atoms with E-state index in [1.54, 1.807) is 25.4 Å². The quantitative estimate of drug-likeness (QED) is 0.729. The molecule has 2 N–H and O–H groups in total. The molecule has 6 nitrogen and oxygen atoms in total. The topological polar surface area (TPSA) is 72.5 Å². The lowest BCUT2D eigenvalue weighted by Gasteiger charge is -2.09. The van der Waals surface area contributed by atoms with E-state index in [9.17, 15) is 4.79 Å². The third-order valence-electron chi connectivity index (χ3n) is 3.67. The summed E-state index contributed by atoms with van der Waals surface area (Å²) in [6.07, 6.45) is 3.98.